The molecule has 0 aromatic carbocycles. The molecule has 2 unspecified atom stereocenters. The molecule has 1 aromatic rings. The van der Waals surface area contributed by atoms with Gasteiger partial charge < -0.3 is 0 Å². The summed E-state index contributed by atoms with van der Waals surface area (Å²) in [5.74, 6) is 6.61. The molecule has 1 aliphatic carbocycles. The molecule has 2 atom stereocenters. The number of hydrazine groups is 1. The Morgan fingerprint density at radius 1 is 1.14 bits per heavy atom. The minimum atomic E-state index is -3.50. The van der Waals surface area contributed by atoms with E-state index in [0.717, 1.165) is 12.8 Å². The molecule has 1 aromatic heterocycles. The molecule has 2 fully saturated rings. The highest BCUT2D eigenvalue weighted by atomic mass is 32.2. The largest absolute Gasteiger partial charge is 0.292 e. The third-order valence-corrected chi connectivity index (χ3v) is 6.47. The summed E-state index contributed by atoms with van der Waals surface area (Å²) >= 11 is 0. The molecule has 1 aliphatic heterocycles. The number of hydrogen-bond donors (Lipinski definition) is 2. The third-order valence-electron chi connectivity index (χ3n) is 4.65. The van der Waals surface area contributed by atoms with Crippen molar-refractivity contribution < 1.29 is 8.42 Å². The van der Waals surface area contributed by atoms with E-state index < -0.39 is 10.0 Å². The lowest BCUT2D eigenvalue weighted by atomic mass is 9.76. The number of piperidine rings is 1. The minimum absolute atomic E-state index is 0.135. The van der Waals surface area contributed by atoms with Gasteiger partial charge in [-0.05, 0) is 24.7 Å². The highest BCUT2D eigenvalue weighted by molar-refractivity contribution is 7.89. The summed E-state index contributed by atoms with van der Waals surface area (Å²) in [6, 6.07) is 0. The molecule has 8 heteroatoms. The summed E-state index contributed by atoms with van der Waals surface area (Å²) in [7, 11) is -3.50. The first-order valence-electron chi connectivity index (χ1n) is 7.40. The smallest absolute Gasteiger partial charge is 0.246 e. The van der Waals surface area contributed by atoms with Crippen molar-refractivity contribution in [3.8, 4) is 0 Å². The van der Waals surface area contributed by atoms with Gasteiger partial charge in [0.1, 0.15) is 4.90 Å². The second kappa shape index (κ2) is 5.86. The number of nitrogens with zero attached hydrogens (tertiary/aromatic N) is 3. The van der Waals surface area contributed by atoms with Crippen molar-refractivity contribution in [1.29, 1.82) is 0 Å². The normalized spacial score (nSPS) is 27.1. The summed E-state index contributed by atoms with van der Waals surface area (Å²) in [4.78, 5) is 7.91. The molecule has 2 heterocycles. The molecule has 0 radical (unpaired) electrons. The Morgan fingerprint density at radius 2 is 1.81 bits per heavy atom. The Labute approximate surface area is 125 Å². The zero-order valence-corrected chi connectivity index (χ0v) is 12.7. The van der Waals surface area contributed by atoms with Crippen molar-refractivity contribution in [3.63, 3.8) is 0 Å². The lowest BCUT2D eigenvalue weighted by Crippen LogP contribution is -2.44. The summed E-state index contributed by atoms with van der Waals surface area (Å²) in [5.41, 5.74) is 2.29. The van der Waals surface area contributed by atoms with E-state index in [1.807, 2.05) is 0 Å². The van der Waals surface area contributed by atoms with Gasteiger partial charge in [-0.25, -0.2) is 24.2 Å². The standard InChI is InChI=1S/C13H21N5O2S/c14-17-13-15-7-12(8-16-13)21(19,20)18-6-5-10-3-1-2-4-11(10)9-18/h7-8,10-11H,1-6,9,14H2,(H,15,16,17). The summed E-state index contributed by atoms with van der Waals surface area (Å²) in [6.45, 7) is 1.23. The van der Waals surface area contributed by atoms with E-state index in [2.05, 4.69) is 15.4 Å². The van der Waals surface area contributed by atoms with Gasteiger partial charge >= 0.3 is 0 Å². The lowest BCUT2D eigenvalue weighted by molar-refractivity contribution is 0.136. The third kappa shape index (κ3) is 2.88. The van der Waals surface area contributed by atoms with Crippen LogP contribution >= 0.6 is 0 Å². The fourth-order valence-corrected chi connectivity index (χ4v) is 4.86. The van der Waals surface area contributed by atoms with Crippen molar-refractivity contribution in [2.75, 3.05) is 18.5 Å². The van der Waals surface area contributed by atoms with Crippen molar-refractivity contribution in [2.45, 2.75) is 37.0 Å². The maximum atomic E-state index is 12.7. The van der Waals surface area contributed by atoms with Gasteiger partial charge in [-0.3, -0.25) is 5.43 Å². The van der Waals surface area contributed by atoms with E-state index in [1.54, 1.807) is 4.31 Å². The number of hydrogen-bond acceptors (Lipinski definition) is 6. The molecule has 2 aliphatic rings. The van der Waals surface area contributed by atoms with Crippen molar-refractivity contribution in [2.24, 2.45) is 17.7 Å². The first kappa shape index (κ1) is 14.7. The number of rotatable bonds is 3. The molecule has 7 nitrogen and oxygen atoms in total. The molecule has 1 saturated heterocycles. The van der Waals surface area contributed by atoms with Crippen LogP contribution in [0, 0.1) is 11.8 Å². The van der Waals surface area contributed by atoms with Crippen LogP contribution in [0.4, 0.5) is 5.95 Å². The number of anilines is 1. The molecule has 0 amide bonds. The van der Waals surface area contributed by atoms with Gasteiger partial charge in [0.2, 0.25) is 16.0 Å². The van der Waals surface area contributed by atoms with Crippen molar-refractivity contribution >= 4 is 16.0 Å². The van der Waals surface area contributed by atoms with Crippen LogP contribution in [-0.2, 0) is 10.0 Å². The highest BCUT2D eigenvalue weighted by Gasteiger charge is 2.36. The number of sulfonamides is 1. The Balaban J connectivity index is 1.78. The molecule has 21 heavy (non-hydrogen) atoms. The minimum Gasteiger partial charge on any atom is -0.292 e. The van der Waals surface area contributed by atoms with E-state index in [1.165, 1.54) is 31.7 Å². The lowest BCUT2D eigenvalue weighted by Gasteiger charge is -2.40. The predicted octanol–water partition coefficient (Wildman–Crippen LogP) is 0.963. The summed E-state index contributed by atoms with van der Waals surface area (Å²) in [6.07, 6.45) is 8.48. The van der Waals surface area contributed by atoms with Crippen LogP contribution in [0.3, 0.4) is 0 Å². The number of fused-ring (bicyclic) bond motifs is 1. The monoisotopic (exact) mass is 311 g/mol. The number of aromatic nitrogens is 2. The van der Waals surface area contributed by atoms with Gasteiger partial charge in [-0.2, -0.15) is 4.31 Å². The first-order valence-corrected chi connectivity index (χ1v) is 8.84. The van der Waals surface area contributed by atoms with Crippen LogP contribution in [0.2, 0.25) is 0 Å². The number of nitrogens with two attached hydrogens (primary N) is 1. The molecule has 1 saturated carbocycles. The Hall–Kier alpha value is -1.25. The maximum Gasteiger partial charge on any atom is 0.246 e. The molecule has 116 valence electrons. The van der Waals surface area contributed by atoms with Gasteiger partial charge in [0.05, 0.1) is 12.4 Å². The fraction of sp³-hybridized carbons (Fsp3) is 0.692. The second-order valence-corrected chi connectivity index (χ2v) is 7.78. The van der Waals surface area contributed by atoms with Crippen molar-refractivity contribution in [3.05, 3.63) is 12.4 Å². The predicted molar refractivity (Wildman–Crippen MR) is 78.7 cm³/mol. The van der Waals surface area contributed by atoms with Gasteiger partial charge in [0.15, 0.2) is 0 Å². The fourth-order valence-electron chi connectivity index (χ4n) is 3.46. The van der Waals surface area contributed by atoms with Crippen LogP contribution in [0.5, 0.6) is 0 Å². The van der Waals surface area contributed by atoms with E-state index in [4.69, 9.17) is 5.84 Å². The highest BCUT2D eigenvalue weighted by Crippen LogP contribution is 2.37. The van der Waals surface area contributed by atoms with Gasteiger partial charge in [-0.15, -0.1) is 0 Å². The topological polar surface area (TPSA) is 101 Å². The van der Waals surface area contributed by atoms with Crippen LogP contribution in [-0.4, -0.2) is 35.8 Å². The van der Waals surface area contributed by atoms with Crippen LogP contribution < -0.4 is 11.3 Å². The molecular weight excluding hydrogens is 290 g/mol. The van der Waals surface area contributed by atoms with Gasteiger partial charge in [0, 0.05) is 13.1 Å². The zero-order valence-electron chi connectivity index (χ0n) is 11.9. The second-order valence-electron chi connectivity index (χ2n) is 5.84. The SMILES string of the molecule is NNc1ncc(S(=O)(=O)N2CCC3CCCCC3C2)cn1. The van der Waals surface area contributed by atoms with E-state index in [-0.39, 0.29) is 10.8 Å². The molecule has 0 spiro atoms. The van der Waals surface area contributed by atoms with Crippen LogP contribution in [0.25, 0.3) is 0 Å². The number of nitrogen functional groups attached to an aromatic ring is 1. The first-order chi connectivity index (χ1) is 10.1. The van der Waals surface area contributed by atoms with Gasteiger partial charge in [0.25, 0.3) is 0 Å². The average Bonchev–Trinajstić information content (AvgIpc) is 2.54. The van der Waals surface area contributed by atoms with Crippen LogP contribution in [0.15, 0.2) is 17.3 Å². The van der Waals surface area contributed by atoms with Gasteiger partial charge in [-0.1, -0.05) is 19.3 Å². The molecule has 3 rings (SSSR count). The Kier molecular flexibility index (Phi) is 4.10. The number of nitrogens with one attached hydrogen (secondary N) is 1. The van der Waals surface area contributed by atoms with E-state index in [0.29, 0.717) is 24.9 Å². The maximum absolute atomic E-state index is 12.7. The molecule has 0 bridgehead atoms. The molecule has 3 N–H and O–H groups in total. The zero-order chi connectivity index (χ0) is 14.9. The van der Waals surface area contributed by atoms with E-state index >= 15 is 0 Å². The van der Waals surface area contributed by atoms with Crippen molar-refractivity contribution in [1.82, 2.24) is 14.3 Å². The summed E-state index contributed by atoms with van der Waals surface area (Å²) < 4.78 is 26.9. The van der Waals surface area contributed by atoms with Crippen LogP contribution in [0.1, 0.15) is 32.1 Å². The quantitative estimate of drug-likeness (QED) is 0.637. The Bertz CT molecular complexity index is 589. The van der Waals surface area contributed by atoms with E-state index in [9.17, 15) is 8.42 Å². The average molecular weight is 311 g/mol. The summed E-state index contributed by atoms with van der Waals surface area (Å²) in [5, 5.41) is 0. The molecular formula is C13H21N5O2S. The Morgan fingerprint density at radius 3 is 2.48 bits per heavy atom.